The zero-order valence-corrected chi connectivity index (χ0v) is 7.41. The lowest BCUT2D eigenvalue weighted by Gasteiger charge is -2.18. The number of hydrogen-bond acceptors (Lipinski definition) is 3. The summed E-state index contributed by atoms with van der Waals surface area (Å²) in [5.41, 5.74) is 1.39. The van der Waals surface area contributed by atoms with Crippen molar-refractivity contribution in [2.45, 2.75) is 6.54 Å². The van der Waals surface area contributed by atoms with Crippen LogP contribution in [0.2, 0.25) is 0 Å². The van der Waals surface area contributed by atoms with E-state index in [1.165, 1.54) is 7.05 Å². The first kappa shape index (κ1) is 10.1. The summed E-state index contributed by atoms with van der Waals surface area (Å²) in [4.78, 5) is 0. The van der Waals surface area contributed by atoms with Gasteiger partial charge in [-0.25, -0.2) is 0 Å². The average Bonchev–Trinajstić information content (AvgIpc) is 2.03. The second kappa shape index (κ2) is 4.31. The Morgan fingerprint density at radius 3 is 2.62 bits per heavy atom. The highest BCUT2D eigenvalue weighted by Gasteiger charge is 2.00. The first-order valence-electron chi connectivity index (χ1n) is 3.98. The maximum Gasteiger partial charge on any atom is 0.131 e. The molecule has 2 atom stereocenters. The van der Waals surface area contributed by atoms with Crippen LogP contribution in [0.5, 0.6) is 0 Å². The third kappa shape index (κ3) is 3.10. The van der Waals surface area contributed by atoms with Crippen molar-refractivity contribution in [2.75, 3.05) is 7.05 Å². The summed E-state index contributed by atoms with van der Waals surface area (Å²) in [7, 11) is 1.49. The fourth-order valence-corrected chi connectivity index (χ4v) is 1.10. The van der Waals surface area contributed by atoms with Crippen LogP contribution in [0.1, 0.15) is 5.56 Å². The Kier molecular flexibility index (Phi) is 3.35. The van der Waals surface area contributed by atoms with Gasteiger partial charge < -0.3 is 15.5 Å². The molecule has 0 spiro atoms. The number of quaternary nitrogens is 2. The molecule has 0 aromatic heterocycles. The molecule has 5 nitrogen and oxygen atoms in total. The summed E-state index contributed by atoms with van der Waals surface area (Å²) in [5.74, 6) is 5.03. The minimum atomic E-state index is -0.388. The standard InChI is InChI=1S/C8H13N3O2/c1-10(12)8-4-2-3-7(5-8)6-11(9)13/h2-5,10-11H,6,9H2,1H3. The van der Waals surface area contributed by atoms with E-state index in [-0.39, 0.29) is 16.8 Å². The molecule has 0 saturated heterocycles. The van der Waals surface area contributed by atoms with Crippen LogP contribution in [-0.4, -0.2) is 7.05 Å². The second-order valence-electron chi connectivity index (χ2n) is 2.90. The number of rotatable bonds is 3. The Morgan fingerprint density at radius 1 is 1.38 bits per heavy atom. The van der Waals surface area contributed by atoms with E-state index in [0.717, 1.165) is 5.56 Å². The Hall–Kier alpha value is -0.980. The summed E-state index contributed by atoms with van der Waals surface area (Å²) in [6.07, 6.45) is 0. The fraction of sp³-hybridized carbons (Fsp3) is 0.250. The molecule has 0 aliphatic rings. The number of nitrogens with one attached hydrogen (secondary N) is 2. The van der Waals surface area contributed by atoms with Crippen LogP contribution < -0.4 is 16.1 Å². The van der Waals surface area contributed by atoms with Gasteiger partial charge in [-0.1, -0.05) is 12.1 Å². The number of nitrogens with two attached hydrogens (primary N) is 1. The summed E-state index contributed by atoms with van der Waals surface area (Å²) in [6, 6.07) is 6.92. The van der Waals surface area contributed by atoms with Crippen molar-refractivity contribution < 1.29 is 10.2 Å². The van der Waals surface area contributed by atoms with Gasteiger partial charge in [0.25, 0.3) is 0 Å². The van der Waals surface area contributed by atoms with E-state index < -0.39 is 0 Å². The van der Waals surface area contributed by atoms with Gasteiger partial charge >= 0.3 is 0 Å². The van der Waals surface area contributed by atoms with Crippen molar-refractivity contribution in [2.24, 2.45) is 5.84 Å². The molecule has 0 bridgehead atoms. The maximum absolute atomic E-state index is 11.0. The van der Waals surface area contributed by atoms with E-state index in [9.17, 15) is 10.4 Å². The highest BCUT2D eigenvalue weighted by Crippen LogP contribution is 2.04. The minimum absolute atomic E-state index is 0.00804. The molecule has 5 heteroatoms. The van der Waals surface area contributed by atoms with Gasteiger partial charge in [-0.3, -0.25) is 5.17 Å². The lowest BCUT2D eigenvalue weighted by atomic mass is 10.2. The Bertz CT molecular complexity index is 276. The van der Waals surface area contributed by atoms with E-state index in [0.29, 0.717) is 5.69 Å². The van der Waals surface area contributed by atoms with E-state index in [1.807, 2.05) is 0 Å². The van der Waals surface area contributed by atoms with Gasteiger partial charge in [-0.05, 0) is 6.07 Å². The van der Waals surface area contributed by atoms with Crippen molar-refractivity contribution in [1.29, 1.82) is 0 Å². The van der Waals surface area contributed by atoms with Crippen molar-refractivity contribution in [3.63, 3.8) is 0 Å². The third-order valence-corrected chi connectivity index (χ3v) is 1.71. The molecular weight excluding hydrogens is 170 g/mol. The second-order valence-corrected chi connectivity index (χ2v) is 2.90. The lowest BCUT2D eigenvalue weighted by Crippen LogP contribution is -3.11. The number of hydroxylamine groups is 2. The highest BCUT2D eigenvalue weighted by molar-refractivity contribution is 5.33. The molecule has 0 radical (unpaired) electrons. The van der Waals surface area contributed by atoms with Gasteiger partial charge in [-0.15, -0.1) is 0 Å². The summed E-state index contributed by atoms with van der Waals surface area (Å²) >= 11 is 0. The SMILES string of the molecule is C[NH+]([O-])c1cccc(C[NH+](N)[O-])c1. The van der Waals surface area contributed by atoms with Crippen LogP contribution in [0.4, 0.5) is 5.69 Å². The fourth-order valence-electron chi connectivity index (χ4n) is 1.10. The van der Waals surface area contributed by atoms with Gasteiger partial charge in [0.2, 0.25) is 0 Å². The van der Waals surface area contributed by atoms with Crippen molar-refractivity contribution in [3.05, 3.63) is 40.2 Å². The van der Waals surface area contributed by atoms with Crippen LogP contribution in [0, 0.1) is 10.4 Å². The number of benzene rings is 1. The molecule has 2 unspecified atom stereocenters. The Morgan fingerprint density at radius 2 is 2.08 bits per heavy atom. The Balaban J connectivity index is 2.79. The zero-order valence-electron chi connectivity index (χ0n) is 7.41. The normalized spacial score (nSPS) is 15.4. The average molecular weight is 183 g/mol. The van der Waals surface area contributed by atoms with Gasteiger partial charge in [-0.2, -0.15) is 5.84 Å². The van der Waals surface area contributed by atoms with E-state index >= 15 is 0 Å². The van der Waals surface area contributed by atoms with Crippen LogP contribution >= 0.6 is 0 Å². The predicted molar refractivity (Wildman–Crippen MR) is 48.6 cm³/mol. The smallest absolute Gasteiger partial charge is 0.131 e. The molecule has 0 saturated carbocycles. The third-order valence-electron chi connectivity index (χ3n) is 1.71. The first-order valence-corrected chi connectivity index (χ1v) is 3.98. The van der Waals surface area contributed by atoms with E-state index in [2.05, 4.69) is 0 Å². The maximum atomic E-state index is 11.0. The molecule has 1 aromatic rings. The molecule has 4 N–H and O–H groups in total. The molecule has 13 heavy (non-hydrogen) atoms. The zero-order chi connectivity index (χ0) is 9.84. The molecular formula is C8H13N3O2. The van der Waals surface area contributed by atoms with Gasteiger partial charge in [0, 0.05) is 11.6 Å². The summed E-state index contributed by atoms with van der Waals surface area (Å²) in [5, 5.41) is 21.2. The minimum Gasteiger partial charge on any atom is -0.629 e. The molecule has 1 aromatic carbocycles. The molecule has 0 aliphatic heterocycles. The molecule has 0 fully saturated rings. The highest BCUT2D eigenvalue weighted by atomic mass is 16.5. The van der Waals surface area contributed by atoms with Crippen LogP contribution in [0.25, 0.3) is 0 Å². The molecule has 1 rings (SSSR count). The van der Waals surface area contributed by atoms with Gasteiger partial charge in [0.05, 0.1) is 7.05 Å². The van der Waals surface area contributed by atoms with Crippen LogP contribution in [0.3, 0.4) is 0 Å². The monoisotopic (exact) mass is 183 g/mol. The largest absolute Gasteiger partial charge is 0.629 e. The Labute approximate surface area is 76.5 Å². The first-order chi connectivity index (χ1) is 6.09. The number of hydrogen-bond donors (Lipinski definition) is 3. The van der Waals surface area contributed by atoms with Crippen molar-refractivity contribution in [3.8, 4) is 0 Å². The molecule has 0 aliphatic carbocycles. The lowest BCUT2D eigenvalue weighted by molar-refractivity contribution is -0.875. The van der Waals surface area contributed by atoms with Crippen molar-refractivity contribution in [1.82, 2.24) is 0 Å². The topological polar surface area (TPSA) is 81.0 Å². The molecule has 0 heterocycles. The van der Waals surface area contributed by atoms with Gasteiger partial charge in [0.15, 0.2) is 0 Å². The quantitative estimate of drug-likeness (QED) is 0.378. The summed E-state index contributed by atoms with van der Waals surface area (Å²) < 4.78 is 0. The predicted octanol–water partition coefficient (Wildman–Crippen LogP) is -1.91. The van der Waals surface area contributed by atoms with Crippen LogP contribution in [-0.2, 0) is 6.54 Å². The van der Waals surface area contributed by atoms with Crippen molar-refractivity contribution >= 4 is 5.69 Å². The molecule has 0 amide bonds. The molecule has 72 valence electrons. The summed E-state index contributed by atoms with van der Waals surface area (Å²) in [6.45, 7) is 0.182. The van der Waals surface area contributed by atoms with E-state index in [1.54, 1.807) is 24.3 Å². The van der Waals surface area contributed by atoms with Gasteiger partial charge in [0.1, 0.15) is 12.2 Å². The van der Waals surface area contributed by atoms with Crippen LogP contribution in [0.15, 0.2) is 24.3 Å². The van der Waals surface area contributed by atoms with E-state index in [4.69, 9.17) is 5.84 Å².